The van der Waals surface area contributed by atoms with E-state index < -0.39 is 0 Å². The molecule has 0 saturated heterocycles. The molecule has 0 fully saturated rings. The van der Waals surface area contributed by atoms with Crippen molar-refractivity contribution in [1.82, 2.24) is 9.78 Å². The van der Waals surface area contributed by atoms with Gasteiger partial charge in [0.1, 0.15) is 0 Å². The zero-order valence-electron chi connectivity index (χ0n) is 11.9. The molecular weight excluding hydrogens is 300 g/mol. The second-order valence-corrected chi connectivity index (χ2v) is 5.66. The van der Waals surface area contributed by atoms with Crippen molar-refractivity contribution in [2.45, 2.75) is 32.6 Å². The highest BCUT2D eigenvalue weighted by Crippen LogP contribution is 2.26. The third-order valence-corrected chi connectivity index (χ3v) is 4.44. The first-order valence-electron chi connectivity index (χ1n) is 6.79. The molecule has 0 aliphatic carbocycles. The molecule has 0 aliphatic rings. The van der Waals surface area contributed by atoms with Crippen molar-refractivity contribution in [3.63, 3.8) is 0 Å². The van der Waals surface area contributed by atoms with Crippen molar-refractivity contribution in [3.05, 3.63) is 52.8 Å². The molecule has 0 aliphatic heterocycles. The van der Waals surface area contributed by atoms with Crippen molar-refractivity contribution in [2.75, 3.05) is 5.33 Å². The van der Waals surface area contributed by atoms with Gasteiger partial charge in [-0.1, -0.05) is 47.1 Å². The van der Waals surface area contributed by atoms with Gasteiger partial charge in [-0.15, -0.1) is 0 Å². The van der Waals surface area contributed by atoms with Gasteiger partial charge in [-0.2, -0.15) is 5.10 Å². The molecule has 2 rings (SSSR count). The van der Waals surface area contributed by atoms with E-state index >= 15 is 0 Å². The van der Waals surface area contributed by atoms with Crippen LogP contribution < -0.4 is 0 Å². The van der Waals surface area contributed by atoms with Crippen LogP contribution in [0.1, 0.15) is 35.4 Å². The van der Waals surface area contributed by atoms with Crippen molar-refractivity contribution < 1.29 is 0 Å². The van der Waals surface area contributed by atoms with Crippen LogP contribution in [0.15, 0.2) is 30.3 Å². The first kappa shape index (κ1) is 14.3. The van der Waals surface area contributed by atoms with Crippen LogP contribution in [0.3, 0.4) is 0 Å². The molecule has 0 radical (unpaired) electrons. The summed E-state index contributed by atoms with van der Waals surface area (Å²) in [6.45, 7) is 4.33. The Morgan fingerprint density at radius 2 is 2.05 bits per heavy atom. The SMILES string of the molecule is CCc1cc(CC(CBr)c2ccccc2C)n(C)n1. The Morgan fingerprint density at radius 1 is 1.32 bits per heavy atom. The van der Waals surface area contributed by atoms with Gasteiger partial charge in [-0.25, -0.2) is 0 Å². The van der Waals surface area contributed by atoms with Gasteiger partial charge in [-0.3, -0.25) is 4.68 Å². The predicted octanol–water partition coefficient (Wildman–Crippen LogP) is 4.01. The number of benzene rings is 1. The summed E-state index contributed by atoms with van der Waals surface area (Å²) in [6.07, 6.45) is 2.02. The highest BCUT2D eigenvalue weighted by Gasteiger charge is 2.15. The Bertz CT molecular complexity index is 545. The van der Waals surface area contributed by atoms with Crippen LogP contribution in [-0.4, -0.2) is 15.1 Å². The van der Waals surface area contributed by atoms with Crippen molar-refractivity contribution in [3.8, 4) is 0 Å². The third-order valence-electron chi connectivity index (χ3n) is 3.66. The lowest BCUT2D eigenvalue weighted by molar-refractivity contribution is 0.656. The number of rotatable bonds is 5. The molecule has 2 aromatic rings. The van der Waals surface area contributed by atoms with E-state index in [9.17, 15) is 0 Å². The molecular formula is C16H21BrN2. The van der Waals surface area contributed by atoms with Gasteiger partial charge in [-0.05, 0) is 42.9 Å². The van der Waals surface area contributed by atoms with E-state index in [1.165, 1.54) is 22.5 Å². The lowest BCUT2D eigenvalue weighted by Gasteiger charge is -2.17. The summed E-state index contributed by atoms with van der Waals surface area (Å²) in [6, 6.07) is 10.9. The fraction of sp³-hybridized carbons (Fsp3) is 0.438. The molecule has 102 valence electrons. The minimum absolute atomic E-state index is 0.501. The molecule has 0 saturated carbocycles. The van der Waals surface area contributed by atoms with E-state index in [2.05, 4.69) is 65.2 Å². The largest absolute Gasteiger partial charge is 0.272 e. The molecule has 1 aromatic carbocycles. The maximum absolute atomic E-state index is 4.53. The van der Waals surface area contributed by atoms with E-state index in [0.717, 1.165) is 18.2 Å². The summed E-state index contributed by atoms with van der Waals surface area (Å²) in [5.41, 5.74) is 5.28. The molecule has 0 spiro atoms. The van der Waals surface area contributed by atoms with Crippen LogP contribution in [0.4, 0.5) is 0 Å². The van der Waals surface area contributed by atoms with Crippen LogP contribution in [0, 0.1) is 6.92 Å². The molecule has 0 bridgehead atoms. The number of aromatic nitrogens is 2. The third kappa shape index (κ3) is 3.27. The van der Waals surface area contributed by atoms with Crippen LogP contribution in [-0.2, 0) is 19.9 Å². The van der Waals surface area contributed by atoms with Crippen molar-refractivity contribution in [1.29, 1.82) is 0 Å². The van der Waals surface area contributed by atoms with Crippen LogP contribution >= 0.6 is 15.9 Å². The van der Waals surface area contributed by atoms with Gasteiger partial charge in [0.25, 0.3) is 0 Å². The predicted molar refractivity (Wildman–Crippen MR) is 84.0 cm³/mol. The second kappa shape index (κ2) is 6.38. The Kier molecular flexibility index (Phi) is 4.81. The fourth-order valence-electron chi connectivity index (χ4n) is 2.48. The topological polar surface area (TPSA) is 17.8 Å². The molecule has 1 atom stereocenters. The van der Waals surface area contributed by atoms with E-state index in [-0.39, 0.29) is 0 Å². The molecule has 1 unspecified atom stereocenters. The fourth-order valence-corrected chi connectivity index (χ4v) is 3.06. The van der Waals surface area contributed by atoms with Gasteiger partial charge in [0.05, 0.1) is 5.69 Å². The van der Waals surface area contributed by atoms with Crippen LogP contribution in [0.5, 0.6) is 0 Å². The van der Waals surface area contributed by atoms with Gasteiger partial charge >= 0.3 is 0 Å². The number of nitrogens with zero attached hydrogens (tertiary/aromatic N) is 2. The number of aryl methyl sites for hydroxylation is 3. The molecule has 2 nitrogen and oxygen atoms in total. The highest BCUT2D eigenvalue weighted by atomic mass is 79.9. The summed E-state index contributed by atoms with van der Waals surface area (Å²) in [5.74, 6) is 0.501. The summed E-state index contributed by atoms with van der Waals surface area (Å²) < 4.78 is 2.02. The highest BCUT2D eigenvalue weighted by molar-refractivity contribution is 9.09. The second-order valence-electron chi connectivity index (χ2n) is 5.02. The van der Waals surface area contributed by atoms with Gasteiger partial charge in [0.2, 0.25) is 0 Å². The lowest BCUT2D eigenvalue weighted by Crippen LogP contribution is -2.09. The summed E-state index contributed by atoms with van der Waals surface area (Å²) in [5, 5.41) is 5.51. The quantitative estimate of drug-likeness (QED) is 0.761. The average Bonchev–Trinajstić information content (AvgIpc) is 2.77. The molecule has 3 heteroatoms. The molecule has 1 heterocycles. The smallest absolute Gasteiger partial charge is 0.0624 e. The Labute approximate surface area is 124 Å². The number of alkyl halides is 1. The first-order chi connectivity index (χ1) is 9.15. The number of hydrogen-bond acceptors (Lipinski definition) is 1. The number of hydrogen-bond donors (Lipinski definition) is 0. The lowest BCUT2D eigenvalue weighted by atomic mass is 9.92. The standard InChI is InChI=1S/C16H21BrN2/c1-4-14-10-15(19(3)18-14)9-13(11-17)16-8-6-5-7-12(16)2/h5-8,10,13H,4,9,11H2,1-3H3. The van der Waals surface area contributed by atoms with Gasteiger partial charge in [0.15, 0.2) is 0 Å². The number of halogens is 1. The minimum Gasteiger partial charge on any atom is -0.272 e. The first-order valence-corrected chi connectivity index (χ1v) is 7.91. The summed E-state index contributed by atoms with van der Waals surface area (Å²) >= 11 is 3.66. The van der Waals surface area contributed by atoms with E-state index in [0.29, 0.717) is 5.92 Å². The Morgan fingerprint density at radius 3 is 2.63 bits per heavy atom. The maximum atomic E-state index is 4.53. The van der Waals surface area contributed by atoms with E-state index in [1.54, 1.807) is 0 Å². The van der Waals surface area contributed by atoms with Crippen molar-refractivity contribution in [2.24, 2.45) is 7.05 Å². The average molecular weight is 321 g/mol. The zero-order valence-corrected chi connectivity index (χ0v) is 13.4. The van der Waals surface area contributed by atoms with Crippen LogP contribution in [0.2, 0.25) is 0 Å². The zero-order chi connectivity index (χ0) is 13.8. The van der Waals surface area contributed by atoms with Gasteiger partial charge < -0.3 is 0 Å². The van der Waals surface area contributed by atoms with Gasteiger partial charge in [0, 0.05) is 18.1 Å². The van der Waals surface area contributed by atoms with Crippen LogP contribution in [0.25, 0.3) is 0 Å². The Hall–Kier alpha value is -1.09. The molecule has 1 aromatic heterocycles. The minimum atomic E-state index is 0.501. The van der Waals surface area contributed by atoms with E-state index in [1.807, 2.05) is 11.7 Å². The molecule has 0 amide bonds. The van der Waals surface area contributed by atoms with E-state index in [4.69, 9.17) is 0 Å². The molecule has 19 heavy (non-hydrogen) atoms. The summed E-state index contributed by atoms with van der Waals surface area (Å²) in [4.78, 5) is 0. The Balaban J connectivity index is 2.24. The normalized spacial score (nSPS) is 12.6. The molecule has 0 N–H and O–H groups in total. The van der Waals surface area contributed by atoms with Crippen molar-refractivity contribution >= 4 is 15.9 Å². The maximum Gasteiger partial charge on any atom is 0.0624 e. The monoisotopic (exact) mass is 320 g/mol. The summed E-state index contributed by atoms with van der Waals surface area (Å²) in [7, 11) is 2.04.